The standard InChI is InChI=1S/C21H28F2N4O2/c1-12-5-2-3-8-27(12)20-24-18-13(6-4-7-21(18,22)23)19(25-20)26-10-15-14(9-17(28)29)16(15)11-26/h12,14-16H,2-11H2,1H3,(H,28,29)/t12?,14-,15-,16+. The Morgan fingerprint density at radius 3 is 2.66 bits per heavy atom. The van der Waals surface area contributed by atoms with Crippen LogP contribution in [0.2, 0.25) is 0 Å². The first kappa shape index (κ1) is 19.0. The molecule has 1 unspecified atom stereocenters. The second-order valence-corrected chi connectivity index (χ2v) is 9.26. The lowest BCUT2D eigenvalue weighted by molar-refractivity contribution is -0.137. The van der Waals surface area contributed by atoms with Gasteiger partial charge in [-0.2, -0.15) is 13.8 Å². The minimum absolute atomic E-state index is 0.0795. The van der Waals surface area contributed by atoms with Crippen LogP contribution in [0.1, 0.15) is 56.7 Å². The van der Waals surface area contributed by atoms with Crippen LogP contribution < -0.4 is 9.80 Å². The summed E-state index contributed by atoms with van der Waals surface area (Å²) in [4.78, 5) is 24.5. The zero-order chi connectivity index (χ0) is 20.3. The van der Waals surface area contributed by atoms with Gasteiger partial charge in [0.05, 0.1) is 0 Å². The number of carbonyl (C=O) groups is 1. The van der Waals surface area contributed by atoms with E-state index in [9.17, 15) is 13.6 Å². The monoisotopic (exact) mass is 406 g/mol. The summed E-state index contributed by atoms with van der Waals surface area (Å²) in [5, 5.41) is 9.06. The molecule has 1 N–H and O–H groups in total. The smallest absolute Gasteiger partial charge is 0.303 e. The van der Waals surface area contributed by atoms with Gasteiger partial charge in [-0.25, -0.2) is 4.98 Å². The first-order valence-electron chi connectivity index (χ1n) is 10.9. The predicted octanol–water partition coefficient (Wildman–Crippen LogP) is 3.44. The van der Waals surface area contributed by atoms with Crippen molar-refractivity contribution in [3.63, 3.8) is 0 Å². The number of hydrogen-bond donors (Lipinski definition) is 1. The van der Waals surface area contributed by atoms with E-state index < -0.39 is 11.9 Å². The zero-order valence-electron chi connectivity index (χ0n) is 16.8. The van der Waals surface area contributed by atoms with E-state index in [1.165, 1.54) is 0 Å². The van der Waals surface area contributed by atoms with Crippen molar-refractivity contribution in [1.29, 1.82) is 0 Å². The molecule has 8 heteroatoms. The van der Waals surface area contributed by atoms with Crippen LogP contribution in [0.5, 0.6) is 0 Å². The molecule has 0 spiro atoms. The highest BCUT2D eigenvalue weighted by molar-refractivity contribution is 5.68. The topological polar surface area (TPSA) is 69.6 Å². The van der Waals surface area contributed by atoms with Gasteiger partial charge in [0.1, 0.15) is 11.5 Å². The van der Waals surface area contributed by atoms with Crippen molar-refractivity contribution >= 4 is 17.7 Å². The Kier molecular flexibility index (Phi) is 4.44. The number of fused-ring (bicyclic) bond motifs is 2. The maximum absolute atomic E-state index is 14.8. The van der Waals surface area contributed by atoms with Crippen molar-refractivity contribution in [2.24, 2.45) is 17.8 Å². The molecule has 0 aromatic carbocycles. The minimum Gasteiger partial charge on any atom is -0.481 e. The summed E-state index contributed by atoms with van der Waals surface area (Å²) in [6.45, 7) is 4.34. The second kappa shape index (κ2) is 6.77. The van der Waals surface area contributed by atoms with Crippen molar-refractivity contribution in [2.45, 2.75) is 63.8 Å². The Bertz CT molecular complexity index is 821. The minimum atomic E-state index is -2.91. The van der Waals surface area contributed by atoms with Crippen molar-refractivity contribution in [1.82, 2.24) is 9.97 Å². The van der Waals surface area contributed by atoms with Crippen molar-refractivity contribution < 1.29 is 18.7 Å². The molecule has 3 fully saturated rings. The molecule has 4 atom stereocenters. The number of carboxylic acids is 1. The summed E-state index contributed by atoms with van der Waals surface area (Å²) >= 11 is 0. The largest absolute Gasteiger partial charge is 0.481 e. The summed E-state index contributed by atoms with van der Waals surface area (Å²) in [5.41, 5.74) is 0.523. The van der Waals surface area contributed by atoms with E-state index in [4.69, 9.17) is 10.1 Å². The van der Waals surface area contributed by atoms with Gasteiger partial charge in [0.2, 0.25) is 5.95 Å². The SMILES string of the molecule is CC1CCCCN1c1nc(N2C[C@@H]3[C@@H](CC(=O)O)[C@@H]3C2)c2c(n1)C(F)(F)CCC2. The third-order valence-electron chi connectivity index (χ3n) is 7.38. The first-order chi connectivity index (χ1) is 13.8. The summed E-state index contributed by atoms with van der Waals surface area (Å²) in [7, 11) is 0. The molecule has 0 amide bonds. The van der Waals surface area contributed by atoms with Crippen molar-refractivity contribution in [3.8, 4) is 0 Å². The highest BCUT2D eigenvalue weighted by Gasteiger charge is 2.57. The maximum Gasteiger partial charge on any atom is 0.303 e. The van der Waals surface area contributed by atoms with Gasteiger partial charge in [0.15, 0.2) is 0 Å². The van der Waals surface area contributed by atoms with Crippen LogP contribution in [0, 0.1) is 17.8 Å². The average molecular weight is 406 g/mol. The predicted molar refractivity (Wildman–Crippen MR) is 104 cm³/mol. The van der Waals surface area contributed by atoms with Crippen LogP contribution in [0.4, 0.5) is 20.5 Å². The molecule has 2 saturated heterocycles. The third kappa shape index (κ3) is 3.24. The zero-order valence-corrected chi connectivity index (χ0v) is 16.8. The van der Waals surface area contributed by atoms with Gasteiger partial charge in [-0.15, -0.1) is 0 Å². The van der Waals surface area contributed by atoms with E-state index in [1.54, 1.807) is 0 Å². The molecule has 158 valence electrons. The van der Waals surface area contributed by atoms with Gasteiger partial charge in [0.25, 0.3) is 5.92 Å². The second-order valence-electron chi connectivity index (χ2n) is 9.26. The maximum atomic E-state index is 14.8. The summed E-state index contributed by atoms with van der Waals surface area (Å²) in [6.07, 6.45) is 4.28. The fourth-order valence-electron chi connectivity index (χ4n) is 5.71. The Morgan fingerprint density at radius 1 is 1.21 bits per heavy atom. The van der Waals surface area contributed by atoms with Crippen LogP contribution in [-0.2, 0) is 17.1 Å². The molecule has 5 rings (SSSR count). The molecule has 1 saturated carbocycles. The number of aromatic nitrogens is 2. The fourth-order valence-corrected chi connectivity index (χ4v) is 5.71. The number of hydrogen-bond acceptors (Lipinski definition) is 5. The van der Waals surface area contributed by atoms with E-state index in [1.807, 2.05) is 0 Å². The van der Waals surface area contributed by atoms with Crippen LogP contribution in [0.15, 0.2) is 0 Å². The molecule has 3 heterocycles. The van der Waals surface area contributed by atoms with Gasteiger partial charge in [-0.3, -0.25) is 4.79 Å². The van der Waals surface area contributed by atoms with Gasteiger partial charge in [0, 0.05) is 44.1 Å². The molecule has 0 radical (unpaired) electrons. The lowest BCUT2D eigenvalue weighted by Gasteiger charge is -2.36. The van der Waals surface area contributed by atoms with E-state index in [0.717, 1.165) is 25.8 Å². The molecule has 2 aliphatic carbocycles. The van der Waals surface area contributed by atoms with E-state index in [0.29, 0.717) is 55.1 Å². The van der Waals surface area contributed by atoms with Crippen LogP contribution >= 0.6 is 0 Å². The molecule has 4 aliphatic rings. The molecule has 29 heavy (non-hydrogen) atoms. The van der Waals surface area contributed by atoms with E-state index >= 15 is 0 Å². The molecule has 6 nitrogen and oxygen atoms in total. The summed E-state index contributed by atoms with van der Waals surface area (Å²) in [5.74, 6) is -1.64. The number of rotatable bonds is 4. The average Bonchev–Trinajstić information content (AvgIpc) is 3.10. The number of piperidine rings is 2. The van der Waals surface area contributed by atoms with Crippen molar-refractivity contribution in [3.05, 3.63) is 11.3 Å². The van der Waals surface area contributed by atoms with Crippen LogP contribution in [-0.4, -0.2) is 46.7 Å². The lowest BCUT2D eigenvalue weighted by Crippen LogP contribution is -2.40. The molecule has 0 bridgehead atoms. The number of carboxylic acid groups (broad SMARTS) is 1. The van der Waals surface area contributed by atoms with Gasteiger partial charge >= 0.3 is 5.97 Å². The number of halogens is 2. The summed E-state index contributed by atoms with van der Waals surface area (Å²) < 4.78 is 29.6. The molecule has 1 aromatic rings. The Morgan fingerprint density at radius 2 is 1.97 bits per heavy atom. The number of anilines is 2. The Balaban J connectivity index is 1.48. The van der Waals surface area contributed by atoms with E-state index in [-0.39, 0.29) is 30.5 Å². The molecular formula is C21H28F2N4O2. The first-order valence-corrected chi connectivity index (χ1v) is 10.9. The highest BCUT2D eigenvalue weighted by Crippen LogP contribution is 2.55. The molecule has 1 aromatic heterocycles. The van der Waals surface area contributed by atoms with Crippen LogP contribution in [0.3, 0.4) is 0 Å². The van der Waals surface area contributed by atoms with Crippen molar-refractivity contribution in [2.75, 3.05) is 29.4 Å². The number of nitrogens with zero attached hydrogens (tertiary/aromatic N) is 4. The fraction of sp³-hybridized carbons (Fsp3) is 0.762. The lowest BCUT2D eigenvalue weighted by atomic mass is 9.92. The normalized spacial score (nSPS) is 32.7. The van der Waals surface area contributed by atoms with Gasteiger partial charge in [-0.1, -0.05) is 0 Å². The number of alkyl halides is 2. The summed E-state index contributed by atoms with van der Waals surface area (Å²) in [6, 6.07) is 0.249. The molecule has 2 aliphatic heterocycles. The Hall–Kier alpha value is -1.99. The van der Waals surface area contributed by atoms with Gasteiger partial charge < -0.3 is 14.9 Å². The highest BCUT2D eigenvalue weighted by atomic mass is 19.3. The molecular weight excluding hydrogens is 378 g/mol. The Labute approximate surface area is 169 Å². The van der Waals surface area contributed by atoms with Crippen LogP contribution in [0.25, 0.3) is 0 Å². The third-order valence-corrected chi connectivity index (χ3v) is 7.38. The van der Waals surface area contributed by atoms with E-state index in [2.05, 4.69) is 21.7 Å². The van der Waals surface area contributed by atoms with Gasteiger partial charge in [-0.05, 0) is 56.8 Å². The quantitative estimate of drug-likeness (QED) is 0.826. The number of aliphatic carboxylic acids is 1.